The highest BCUT2D eigenvalue weighted by molar-refractivity contribution is 7.87. The van der Waals surface area contributed by atoms with Crippen molar-refractivity contribution in [1.82, 2.24) is 9.03 Å². The molecule has 88 valence electrons. The zero-order valence-corrected chi connectivity index (χ0v) is 10.2. The quantitative estimate of drug-likeness (QED) is 0.755. The van der Waals surface area contributed by atoms with E-state index in [-0.39, 0.29) is 17.7 Å². The Bertz CT molecular complexity index is 337. The molecule has 1 fully saturated rings. The summed E-state index contributed by atoms with van der Waals surface area (Å²) in [6, 6.07) is -0.122. The molecule has 0 bridgehead atoms. The first-order valence-electron chi connectivity index (χ1n) is 5.13. The van der Waals surface area contributed by atoms with Crippen LogP contribution in [0, 0.1) is 5.92 Å². The Hall–Kier alpha value is -0.460. The van der Waals surface area contributed by atoms with Gasteiger partial charge in [-0.3, -0.25) is 4.79 Å². The van der Waals surface area contributed by atoms with E-state index in [1.54, 1.807) is 20.8 Å². The number of nitrogens with zero attached hydrogens (tertiary/aromatic N) is 1. The summed E-state index contributed by atoms with van der Waals surface area (Å²) in [5.74, 6) is -0.0477. The van der Waals surface area contributed by atoms with E-state index >= 15 is 0 Å². The van der Waals surface area contributed by atoms with Gasteiger partial charge in [0.2, 0.25) is 0 Å². The van der Waals surface area contributed by atoms with Crippen LogP contribution in [0.4, 0.5) is 0 Å². The average molecular weight is 234 g/mol. The summed E-state index contributed by atoms with van der Waals surface area (Å²) in [5.41, 5.74) is 0. The van der Waals surface area contributed by atoms with Crippen molar-refractivity contribution in [3.8, 4) is 0 Å². The zero-order valence-electron chi connectivity index (χ0n) is 9.36. The molecule has 1 rings (SSSR count). The summed E-state index contributed by atoms with van der Waals surface area (Å²) in [7, 11) is -3.41. The molecule has 0 aromatic heterocycles. The topological polar surface area (TPSA) is 66.5 Å². The standard InChI is InChI=1S/C9H18N2O3S/c1-7(2)10-15(13,14)11-5-4-9(12)8(3)6-11/h7-8,10H,4-6H2,1-3H3. The van der Waals surface area contributed by atoms with Gasteiger partial charge in [-0.1, -0.05) is 6.92 Å². The molecule has 1 unspecified atom stereocenters. The first-order chi connectivity index (χ1) is 6.83. The number of carbonyl (C=O) groups is 1. The summed E-state index contributed by atoms with van der Waals surface area (Å²) in [4.78, 5) is 11.2. The van der Waals surface area contributed by atoms with Gasteiger partial charge in [0.05, 0.1) is 0 Å². The molecule has 1 aliphatic heterocycles. The smallest absolute Gasteiger partial charge is 0.279 e. The van der Waals surface area contributed by atoms with E-state index < -0.39 is 10.2 Å². The number of carbonyl (C=O) groups excluding carboxylic acids is 1. The highest BCUT2D eigenvalue weighted by atomic mass is 32.2. The monoisotopic (exact) mass is 234 g/mol. The Balaban J connectivity index is 2.69. The van der Waals surface area contributed by atoms with Gasteiger partial charge in [0.15, 0.2) is 0 Å². The van der Waals surface area contributed by atoms with Crippen molar-refractivity contribution in [3.05, 3.63) is 0 Å². The maximum atomic E-state index is 11.8. The van der Waals surface area contributed by atoms with Crippen molar-refractivity contribution in [2.24, 2.45) is 5.92 Å². The van der Waals surface area contributed by atoms with Crippen molar-refractivity contribution in [3.63, 3.8) is 0 Å². The molecule has 5 nitrogen and oxygen atoms in total. The molecule has 0 saturated carbocycles. The molecule has 1 N–H and O–H groups in total. The van der Waals surface area contributed by atoms with Crippen molar-refractivity contribution >= 4 is 16.0 Å². The van der Waals surface area contributed by atoms with Crippen LogP contribution in [0.15, 0.2) is 0 Å². The molecule has 0 spiro atoms. The summed E-state index contributed by atoms with van der Waals surface area (Å²) in [5, 5.41) is 0. The molecular formula is C9H18N2O3S. The minimum Gasteiger partial charge on any atom is -0.299 e. The van der Waals surface area contributed by atoms with Gasteiger partial charge in [-0.2, -0.15) is 17.4 Å². The third-order valence-corrected chi connectivity index (χ3v) is 4.14. The van der Waals surface area contributed by atoms with E-state index in [1.165, 1.54) is 4.31 Å². The number of piperidine rings is 1. The minimum absolute atomic E-state index is 0.122. The number of hydrogen-bond donors (Lipinski definition) is 1. The fourth-order valence-electron chi connectivity index (χ4n) is 1.57. The average Bonchev–Trinajstić information content (AvgIpc) is 2.07. The van der Waals surface area contributed by atoms with Crippen molar-refractivity contribution in [2.45, 2.75) is 33.2 Å². The van der Waals surface area contributed by atoms with Gasteiger partial charge in [0.25, 0.3) is 10.2 Å². The van der Waals surface area contributed by atoms with Gasteiger partial charge in [-0.15, -0.1) is 0 Å². The van der Waals surface area contributed by atoms with E-state index in [1.807, 2.05) is 0 Å². The summed E-state index contributed by atoms with van der Waals surface area (Å²) >= 11 is 0. The van der Waals surface area contributed by atoms with Crippen LogP contribution in [0.2, 0.25) is 0 Å². The van der Waals surface area contributed by atoms with Gasteiger partial charge in [0.1, 0.15) is 5.78 Å². The van der Waals surface area contributed by atoms with Crippen molar-refractivity contribution < 1.29 is 13.2 Å². The van der Waals surface area contributed by atoms with E-state index in [2.05, 4.69) is 4.72 Å². The lowest BCUT2D eigenvalue weighted by Crippen LogP contribution is -2.49. The van der Waals surface area contributed by atoms with E-state index in [0.29, 0.717) is 19.5 Å². The first kappa shape index (κ1) is 12.6. The van der Waals surface area contributed by atoms with Gasteiger partial charge < -0.3 is 0 Å². The lowest BCUT2D eigenvalue weighted by Gasteiger charge is -2.29. The molecule has 15 heavy (non-hydrogen) atoms. The Labute approximate surface area is 91.0 Å². The fraction of sp³-hybridized carbons (Fsp3) is 0.889. The number of nitrogens with one attached hydrogen (secondary N) is 1. The molecule has 1 atom stereocenters. The molecule has 6 heteroatoms. The second-order valence-electron chi connectivity index (χ2n) is 4.25. The fourth-order valence-corrected chi connectivity index (χ4v) is 3.07. The molecule has 0 amide bonds. The van der Waals surface area contributed by atoms with E-state index in [0.717, 1.165) is 0 Å². The maximum absolute atomic E-state index is 11.8. The van der Waals surface area contributed by atoms with Crippen LogP contribution in [-0.2, 0) is 15.0 Å². The Kier molecular flexibility index (Phi) is 3.86. The van der Waals surface area contributed by atoms with Crippen LogP contribution in [0.5, 0.6) is 0 Å². The SMILES string of the molecule is CC(C)NS(=O)(=O)N1CCC(=O)C(C)C1. The third kappa shape index (κ3) is 3.25. The second-order valence-corrected chi connectivity index (χ2v) is 5.96. The predicted octanol–water partition coefficient (Wildman–Crippen LogP) is 0.140. The highest BCUT2D eigenvalue weighted by Gasteiger charge is 2.31. The highest BCUT2D eigenvalue weighted by Crippen LogP contribution is 2.14. The van der Waals surface area contributed by atoms with Crippen molar-refractivity contribution in [1.29, 1.82) is 0 Å². The first-order valence-corrected chi connectivity index (χ1v) is 6.57. The van der Waals surface area contributed by atoms with Crippen molar-refractivity contribution in [2.75, 3.05) is 13.1 Å². The number of ketones is 1. The van der Waals surface area contributed by atoms with Crippen LogP contribution in [0.1, 0.15) is 27.2 Å². The molecule has 0 radical (unpaired) electrons. The van der Waals surface area contributed by atoms with E-state index in [4.69, 9.17) is 0 Å². The summed E-state index contributed by atoms with van der Waals surface area (Å²) in [6.45, 7) is 5.90. The number of Topliss-reactive ketones (excluding diaryl/α,β-unsaturated/α-hetero) is 1. The van der Waals surface area contributed by atoms with Crippen LogP contribution in [-0.4, -0.2) is 37.6 Å². The molecule has 0 aromatic carbocycles. The molecule has 1 heterocycles. The van der Waals surface area contributed by atoms with Gasteiger partial charge in [-0.05, 0) is 13.8 Å². The zero-order chi connectivity index (χ0) is 11.6. The van der Waals surface area contributed by atoms with Crippen LogP contribution in [0.3, 0.4) is 0 Å². The van der Waals surface area contributed by atoms with Gasteiger partial charge in [0, 0.05) is 31.5 Å². The van der Waals surface area contributed by atoms with Crippen LogP contribution < -0.4 is 4.72 Å². The molecule has 0 aromatic rings. The number of rotatable bonds is 3. The Morgan fingerprint density at radius 3 is 2.53 bits per heavy atom. The molecule has 0 aliphatic carbocycles. The molecule has 1 aliphatic rings. The predicted molar refractivity (Wildman–Crippen MR) is 57.6 cm³/mol. The lowest BCUT2D eigenvalue weighted by atomic mass is 10.0. The normalized spacial score (nSPS) is 24.8. The largest absolute Gasteiger partial charge is 0.299 e. The summed E-state index contributed by atoms with van der Waals surface area (Å²) in [6.07, 6.45) is 0.320. The second kappa shape index (κ2) is 4.59. The Morgan fingerprint density at radius 1 is 1.47 bits per heavy atom. The van der Waals surface area contributed by atoms with Gasteiger partial charge >= 0.3 is 0 Å². The van der Waals surface area contributed by atoms with Gasteiger partial charge in [-0.25, -0.2) is 0 Å². The summed E-state index contributed by atoms with van der Waals surface area (Å²) < 4.78 is 27.4. The Morgan fingerprint density at radius 2 is 2.07 bits per heavy atom. The lowest BCUT2D eigenvalue weighted by molar-refractivity contribution is -0.124. The van der Waals surface area contributed by atoms with Crippen LogP contribution in [0.25, 0.3) is 0 Å². The van der Waals surface area contributed by atoms with Crippen LogP contribution >= 0.6 is 0 Å². The maximum Gasteiger partial charge on any atom is 0.279 e. The number of hydrogen-bond acceptors (Lipinski definition) is 3. The molecular weight excluding hydrogens is 216 g/mol. The minimum atomic E-state index is -3.41. The van der Waals surface area contributed by atoms with E-state index in [9.17, 15) is 13.2 Å². The third-order valence-electron chi connectivity index (χ3n) is 2.36. The molecule has 1 saturated heterocycles.